The van der Waals surface area contributed by atoms with E-state index in [1.165, 1.54) is 0 Å². The summed E-state index contributed by atoms with van der Waals surface area (Å²) in [6.07, 6.45) is -0.731. The van der Waals surface area contributed by atoms with Gasteiger partial charge >= 0.3 is 0 Å². The molecule has 0 bridgehead atoms. The first kappa shape index (κ1) is 24.5. The summed E-state index contributed by atoms with van der Waals surface area (Å²) in [7, 11) is 0. The number of carbonyl (C=O) groups excluding carboxylic acids is 2. The zero-order chi connectivity index (χ0) is 25.7. The van der Waals surface area contributed by atoms with Crippen LogP contribution in [0.15, 0.2) is 54.6 Å². The number of aryl methyl sites for hydroxylation is 6. The summed E-state index contributed by atoms with van der Waals surface area (Å²) in [5.74, 6) is -0.436. The number of benzene rings is 3. The molecular weight excluding hydrogens is 434 g/mol. The van der Waals surface area contributed by atoms with Crippen LogP contribution in [0.4, 0.5) is 17.1 Å². The molecule has 0 atom stereocenters. The molecular formula is C30H35N3O2. The Morgan fingerprint density at radius 3 is 1.40 bits per heavy atom. The van der Waals surface area contributed by atoms with Crippen LogP contribution in [0.1, 0.15) is 47.2 Å². The SMILES string of the molecule is Cc1cc(C)c(N2C(=O)C(C)(C)C(=O)N(c3c(C)cc(C)cc3C)C2Nc2ccccc2)c(C)c1. The molecule has 0 aliphatic carbocycles. The molecule has 4 rings (SSSR count). The smallest absolute Gasteiger partial charge is 0.245 e. The predicted octanol–water partition coefficient (Wildman–Crippen LogP) is 6.34. The molecule has 2 amide bonds. The van der Waals surface area contributed by atoms with Gasteiger partial charge in [-0.3, -0.25) is 19.4 Å². The van der Waals surface area contributed by atoms with E-state index in [1.54, 1.807) is 23.6 Å². The maximum absolute atomic E-state index is 14.1. The lowest BCUT2D eigenvalue weighted by Crippen LogP contribution is -2.69. The Bertz CT molecular complexity index is 1180. The number of nitrogens with one attached hydrogen (secondary N) is 1. The molecule has 1 aliphatic rings. The zero-order valence-corrected chi connectivity index (χ0v) is 22.0. The first-order valence-corrected chi connectivity index (χ1v) is 12.1. The average molecular weight is 470 g/mol. The highest BCUT2D eigenvalue weighted by Crippen LogP contribution is 2.42. The fourth-order valence-electron chi connectivity index (χ4n) is 5.40. The second-order valence-corrected chi connectivity index (χ2v) is 10.4. The molecule has 0 radical (unpaired) electrons. The quantitative estimate of drug-likeness (QED) is 0.454. The molecule has 0 spiro atoms. The topological polar surface area (TPSA) is 52.7 Å². The van der Waals surface area contributed by atoms with Crippen LogP contribution in [0.3, 0.4) is 0 Å². The molecule has 35 heavy (non-hydrogen) atoms. The van der Waals surface area contributed by atoms with Crippen LogP contribution >= 0.6 is 0 Å². The van der Waals surface area contributed by atoms with E-state index in [0.29, 0.717) is 0 Å². The number of hydrogen-bond acceptors (Lipinski definition) is 3. The van der Waals surface area contributed by atoms with E-state index in [1.807, 2.05) is 58.0 Å². The number of para-hydroxylation sites is 1. The van der Waals surface area contributed by atoms with Crippen LogP contribution < -0.4 is 15.1 Å². The monoisotopic (exact) mass is 469 g/mol. The Hall–Kier alpha value is -3.60. The standard InChI is InChI=1S/C30H35N3O2/c1-18-14-20(3)25(21(4)15-18)32-27(34)30(7,8)28(35)33(26-22(5)16-19(2)17-23(26)6)29(32)31-24-12-10-9-11-13-24/h9-17,29,31H,1-8H3. The Kier molecular flexibility index (Phi) is 6.22. The van der Waals surface area contributed by atoms with Crippen LogP contribution in [-0.4, -0.2) is 18.1 Å². The van der Waals surface area contributed by atoms with Gasteiger partial charge in [-0.2, -0.15) is 0 Å². The van der Waals surface area contributed by atoms with Gasteiger partial charge in [-0.05, 0) is 89.8 Å². The van der Waals surface area contributed by atoms with Gasteiger partial charge in [0.2, 0.25) is 11.8 Å². The molecule has 1 heterocycles. The van der Waals surface area contributed by atoms with E-state index in [2.05, 4.69) is 43.4 Å². The Labute approximate surface area is 208 Å². The van der Waals surface area contributed by atoms with Gasteiger partial charge in [0, 0.05) is 5.69 Å². The maximum atomic E-state index is 14.1. The molecule has 0 saturated carbocycles. The fraction of sp³-hybridized carbons (Fsp3) is 0.333. The number of hydrogen-bond donors (Lipinski definition) is 1. The van der Waals surface area contributed by atoms with Crippen LogP contribution in [0, 0.1) is 47.0 Å². The van der Waals surface area contributed by atoms with Gasteiger partial charge in [0.1, 0.15) is 5.41 Å². The van der Waals surface area contributed by atoms with Gasteiger partial charge in [-0.15, -0.1) is 0 Å². The van der Waals surface area contributed by atoms with E-state index < -0.39 is 11.7 Å². The third-order valence-electron chi connectivity index (χ3n) is 6.82. The number of carbonyl (C=O) groups is 2. The Balaban J connectivity index is 2.02. The summed E-state index contributed by atoms with van der Waals surface area (Å²) in [4.78, 5) is 31.8. The van der Waals surface area contributed by atoms with Crippen molar-refractivity contribution in [3.05, 3.63) is 88.0 Å². The van der Waals surface area contributed by atoms with E-state index in [-0.39, 0.29) is 11.8 Å². The van der Waals surface area contributed by atoms with Crippen molar-refractivity contribution in [3.63, 3.8) is 0 Å². The van der Waals surface area contributed by atoms with Gasteiger partial charge in [-0.25, -0.2) is 0 Å². The van der Waals surface area contributed by atoms with Crippen LogP contribution in [0.25, 0.3) is 0 Å². The highest BCUT2D eigenvalue weighted by molar-refractivity contribution is 6.20. The largest absolute Gasteiger partial charge is 0.347 e. The lowest BCUT2D eigenvalue weighted by molar-refractivity contribution is -0.141. The van der Waals surface area contributed by atoms with Gasteiger partial charge in [-0.1, -0.05) is 53.6 Å². The normalized spacial score (nSPS) is 16.1. The first-order chi connectivity index (χ1) is 16.4. The predicted molar refractivity (Wildman–Crippen MR) is 144 cm³/mol. The highest BCUT2D eigenvalue weighted by atomic mass is 16.2. The van der Waals surface area contributed by atoms with Crippen LogP contribution in [-0.2, 0) is 9.59 Å². The maximum Gasteiger partial charge on any atom is 0.245 e. The Morgan fingerprint density at radius 1 is 0.657 bits per heavy atom. The zero-order valence-electron chi connectivity index (χ0n) is 22.0. The van der Waals surface area contributed by atoms with Gasteiger partial charge in [0.25, 0.3) is 0 Å². The fourth-order valence-corrected chi connectivity index (χ4v) is 5.40. The molecule has 1 aliphatic heterocycles. The highest BCUT2D eigenvalue weighted by Gasteiger charge is 2.53. The summed E-state index contributed by atoms with van der Waals surface area (Å²) >= 11 is 0. The van der Waals surface area contributed by atoms with Crippen molar-refractivity contribution in [1.82, 2.24) is 0 Å². The molecule has 3 aromatic rings. The van der Waals surface area contributed by atoms with Crippen molar-refractivity contribution in [1.29, 1.82) is 0 Å². The molecule has 1 fully saturated rings. The van der Waals surface area contributed by atoms with Crippen molar-refractivity contribution in [2.24, 2.45) is 5.41 Å². The lowest BCUT2D eigenvalue weighted by Gasteiger charge is -2.50. The first-order valence-electron chi connectivity index (χ1n) is 12.1. The molecule has 182 valence electrons. The number of rotatable bonds is 4. The summed E-state index contributed by atoms with van der Waals surface area (Å²) in [6.45, 7) is 15.7. The summed E-state index contributed by atoms with van der Waals surface area (Å²) in [6, 6.07) is 18.1. The number of nitrogens with zero attached hydrogens (tertiary/aromatic N) is 2. The molecule has 0 unspecified atom stereocenters. The lowest BCUT2D eigenvalue weighted by atomic mass is 9.85. The van der Waals surface area contributed by atoms with Crippen molar-refractivity contribution in [2.75, 3.05) is 15.1 Å². The van der Waals surface area contributed by atoms with E-state index in [0.717, 1.165) is 50.4 Å². The Morgan fingerprint density at radius 2 is 1.03 bits per heavy atom. The third-order valence-corrected chi connectivity index (χ3v) is 6.82. The van der Waals surface area contributed by atoms with Crippen LogP contribution in [0.2, 0.25) is 0 Å². The van der Waals surface area contributed by atoms with E-state index >= 15 is 0 Å². The molecule has 0 aromatic heterocycles. The molecule has 1 saturated heterocycles. The van der Waals surface area contributed by atoms with Crippen molar-refractivity contribution in [2.45, 2.75) is 61.7 Å². The van der Waals surface area contributed by atoms with Crippen LogP contribution in [0.5, 0.6) is 0 Å². The third kappa shape index (κ3) is 4.20. The summed E-state index contributed by atoms with van der Waals surface area (Å²) < 4.78 is 0. The van der Waals surface area contributed by atoms with Crippen molar-refractivity contribution >= 4 is 28.9 Å². The summed E-state index contributed by atoms with van der Waals surface area (Å²) in [5.41, 5.74) is 7.54. The summed E-state index contributed by atoms with van der Waals surface area (Å²) in [5, 5.41) is 3.52. The average Bonchev–Trinajstić information content (AvgIpc) is 2.76. The second-order valence-electron chi connectivity index (χ2n) is 10.4. The molecule has 5 nitrogen and oxygen atoms in total. The molecule has 3 aromatic carbocycles. The number of anilines is 3. The minimum Gasteiger partial charge on any atom is -0.347 e. The van der Waals surface area contributed by atoms with Crippen molar-refractivity contribution in [3.8, 4) is 0 Å². The minimum absolute atomic E-state index is 0.218. The second kappa shape index (κ2) is 8.88. The van der Waals surface area contributed by atoms with Gasteiger partial charge < -0.3 is 5.32 Å². The molecule has 1 N–H and O–H groups in total. The van der Waals surface area contributed by atoms with Gasteiger partial charge in [0.15, 0.2) is 6.29 Å². The minimum atomic E-state index is -1.23. The van der Waals surface area contributed by atoms with Crippen molar-refractivity contribution < 1.29 is 9.59 Å². The van der Waals surface area contributed by atoms with E-state index in [4.69, 9.17) is 0 Å². The van der Waals surface area contributed by atoms with Gasteiger partial charge in [0.05, 0.1) is 11.4 Å². The number of amides is 2. The molecule has 5 heteroatoms. The van der Waals surface area contributed by atoms with E-state index in [9.17, 15) is 9.59 Å².